The molecule has 0 aromatic heterocycles. The van der Waals surface area contributed by atoms with Gasteiger partial charge in [-0.1, -0.05) is 0 Å². The third kappa shape index (κ3) is 25.4. The molecule has 4 N–H and O–H groups in total. The minimum atomic E-state index is -5.19. The smallest absolute Gasteiger partial charge is 0.268 e. The molecule has 0 fully saturated rings. The first-order valence-electron chi connectivity index (χ1n) is 11.6. The summed E-state index contributed by atoms with van der Waals surface area (Å²) in [5, 5.41) is 8.91. The number of aliphatic hydroxyl groups excluding tert-OH is 1. The van der Waals surface area contributed by atoms with Gasteiger partial charge in [0.25, 0.3) is 39.1 Å². The zero-order chi connectivity index (χ0) is 33.9. The zero-order valence-electron chi connectivity index (χ0n) is 22.3. The lowest BCUT2D eigenvalue weighted by Crippen LogP contribution is -2.27. The molecule has 30 heteroatoms. The topological polar surface area (TPSA) is 348 Å². The van der Waals surface area contributed by atoms with E-state index in [2.05, 4.69) is 40.7 Å². The van der Waals surface area contributed by atoms with Crippen molar-refractivity contribution < 1.29 is 107 Å². The molecule has 0 aliphatic carbocycles. The molecule has 7 atom stereocenters. The summed E-state index contributed by atoms with van der Waals surface area (Å²) >= 11 is 0. The molecule has 0 amide bonds. The average molecular weight is 755 g/mol. The molecule has 266 valence electrons. The maximum Gasteiger partial charge on any atom is 0.268 e. The van der Waals surface area contributed by atoms with Crippen molar-refractivity contribution in [3.05, 3.63) is 0 Å². The highest BCUT2D eigenvalue weighted by Gasteiger charge is 2.19. The van der Waals surface area contributed by atoms with Crippen molar-refractivity contribution in [1.29, 1.82) is 0 Å². The minimum absolute atomic E-state index is 0.421. The van der Waals surface area contributed by atoms with Crippen LogP contribution in [0, 0.1) is 11.8 Å². The molecular formula is C14H30F2N2O21P5-5. The monoisotopic (exact) mass is 755 g/mol. The molecule has 0 saturated heterocycles. The van der Waals surface area contributed by atoms with E-state index in [4.69, 9.17) is 10.00 Å². The Hall–Kier alpha value is 0.290. The summed E-state index contributed by atoms with van der Waals surface area (Å²) in [6.07, 6.45) is 0. The predicted molar refractivity (Wildman–Crippen MR) is 126 cm³/mol. The number of hydrogen-bond acceptors (Lipinski definition) is 22. The average Bonchev–Trinajstić information content (AvgIpc) is 2.91. The van der Waals surface area contributed by atoms with Gasteiger partial charge in [-0.25, -0.2) is 0 Å². The van der Waals surface area contributed by atoms with Crippen molar-refractivity contribution in [2.75, 3.05) is 79.2 Å². The van der Waals surface area contributed by atoms with Crippen LogP contribution in [-0.2, 0) is 63.5 Å². The van der Waals surface area contributed by atoms with E-state index in [9.17, 15) is 56.3 Å². The molecule has 23 nitrogen and oxygen atoms in total. The van der Waals surface area contributed by atoms with E-state index < -0.39 is 130 Å². The van der Waals surface area contributed by atoms with Gasteiger partial charge in [0.05, 0.1) is 59.5 Å². The van der Waals surface area contributed by atoms with E-state index in [1.165, 1.54) is 5.54 Å². The molecule has 0 radical (unpaired) electrons. The second kappa shape index (κ2) is 22.0. The Morgan fingerprint density at radius 2 is 0.795 bits per heavy atom. The van der Waals surface area contributed by atoms with Gasteiger partial charge in [0.1, 0.15) is 0 Å². The van der Waals surface area contributed by atoms with E-state index in [0.717, 1.165) is 5.54 Å². The van der Waals surface area contributed by atoms with Crippen molar-refractivity contribution in [2.24, 2.45) is 11.8 Å². The van der Waals surface area contributed by atoms with Crippen LogP contribution in [-0.4, -0.2) is 89.2 Å². The fraction of sp³-hybridized carbons (Fsp3) is 1.00. The fourth-order valence-corrected chi connectivity index (χ4v) is 5.47. The molecule has 0 aromatic carbocycles. The van der Waals surface area contributed by atoms with E-state index in [0.29, 0.717) is 0 Å². The van der Waals surface area contributed by atoms with Gasteiger partial charge in [-0.3, -0.25) is 22.8 Å². The predicted octanol–water partition coefficient (Wildman–Crippen LogP) is -3.36. The van der Waals surface area contributed by atoms with Gasteiger partial charge in [-0.15, -0.1) is 8.96 Å². The lowest BCUT2D eigenvalue weighted by molar-refractivity contribution is -0.237. The van der Waals surface area contributed by atoms with Crippen molar-refractivity contribution >= 4 is 39.1 Å². The van der Waals surface area contributed by atoms with Gasteiger partial charge in [0, 0.05) is 31.5 Å². The van der Waals surface area contributed by atoms with Crippen LogP contribution in [0.15, 0.2) is 0 Å². The van der Waals surface area contributed by atoms with E-state index in [1.54, 1.807) is 0 Å². The standard InChI is InChI=1S/C14H35F2N2O21P5/c15-17-7-13(9-19)10-38-43(27,28)35-5-3-33-41(23,24)31-1-2-32-42(25,26)34-4-6-36-44(29,30)39-12-14(8-18-16)11-37-40(20,21)22/h13-14,17-19H,1-12H2,(H,23,24)(H,25,26)(H,27,28)(H,29,30)(H2,20,21,22)/p-5. The van der Waals surface area contributed by atoms with Crippen molar-refractivity contribution in [3.63, 3.8) is 0 Å². The quantitative estimate of drug-likeness (QED) is 0.0329. The number of phosphoric acid groups is 5. The summed E-state index contributed by atoms with van der Waals surface area (Å²) in [5.74, 6) is -2.17. The molecule has 7 unspecified atom stereocenters. The van der Waals surface area contributed by atoms with Crippen molar-refractivity contribution in [1.82, 2.24) is 11.1 Å². The van der Waals surface area contributed by atoms with Crippen LogP contribution in [0.2, 0.25) is 0 Å². The molecule has 0 aliphatic rings. The molecule has 0 saturated carbocycles. The maximum atomic E-state index is 12.3. The summed E-state index contributed by atoms with van der Waals surface area (Å²) < 4.78 is 120. The molecule has 0 spiro atoms. The first-order valence-corrected chi connectivity index (χ1v) is 19.0. The second-order valence-corrected chi connectivity index (χ2v) is 14.6. The van der Waals surface area contributed by atoms with Crippen LogP contribution in [0.4, 0.5) is 8.96 Å². The highest BCUT2D eigenvalue weighted by Crippen LogP contribution is 2.43. The van der Waals surface area contributed by atoms with Gasteiger partial charge >= 0.3 is 0 Å². The first kappa shape index (κ1) is 44.3. The lowest BCUT2D eigenvalue weighted by atomic mass is 10.2. The van der Waals surface area contributed by atoms with Crippen LogP contribution in [0.1, 0.15) is 0 Å². The Morgan fingerprint density at radius 1 is 0.523 bits per heavy atom. The Kier molecular flexibility index (Phi) is 22.2. The van der Waals surface area contributed by atoms with Crippen molar-refractivity contribution in [2.45, 2.75) is 0 Å². The first-order chi connectivity index (χ1) is 20.3. The summed E-state index contributed by atoms with van der Waals surface area (Å²) in [6, 6.07) is 0. The van der Waals surface area contributed by atoms with Crippen LogP contribution in [0.5, 0.6) is 0 Å². The van der Waals surface area contributed by atoms with Crippen LogP contribution >= 0.6 is 39.1 Å². The second-order valence-electron chi connectivity index (χ2n) is 7.73. The van der Waals surface area contributed by atoms with Gasteiger partial charge in [-0.05, 0) is 0 Å². The van der Waals surface area contributed by atoms with Crippen LogP contribution in [0.3, 0.4) is 0 Å². The van der Waals surface area contributed by atoms with Gasteiger partial charge in [0.15, 0.2) is 0 Å². The van der Waals surface area contributed by atoms with E-state index in [1.807, 2.05) is 0 Å². The third-order valence-corrected chi connectivity index (χ3v) is 8.55. The Balaban J connectivity index is 4.26. The molecule has 0 aliphatic heterocycles. The number of phosphoric ester groups is 5. The van der Waals surface area contributed by atoms with Crippen molar-refractivity contribution in [3.8, 4) is 0 Å². The Morgan fingerprint density at radius 3 is 1.09 bits per heavy atom. The van der Waals surface area contributed by atoms with E-state index >= 15 is 0 Å². The summed E-state index contributed by atoms with van der Waals surface area (Å²) in [6.45, 7) is -9.63. The molecule has 0 heterocycles. The van der Waals surface area contributed by atoms with Gasteiger partial charge in [0.2, 0.25) is 0 Å². The van der Waals surface area contributed by atoms with Crippen LogP contribution < -0.4 is 35.5 Å². The molecule has 44 heavy (non-hydrogen) atoms. The number of halogens is 2. The number of hydrogen-bond donors (Lipinski definition) is 4. The third-order valence-electron chi connectivity index (χ3n) is 4.15. The molecule has 0 bridgehead atoms. The summed E-state index contributed by atoms with van der Waals surface area (Å²) in [5.41, 5.74) is 2.31. The maximum absolute atomic E-state index is 12.3. The normalized spacial score (nSPS) is 20.5. The highest BCUT2D eigenvalue weighted by molar-refractivity contribution is 7.46. The fourth-order valence-electron chi connectivity index (χ4n) is 2.20. The SMILES string of the molecule is O=P([O-])(O)OCC(CNF)COP(=O)([O-])OCCOP(=O)([O-])OCCOP(=O)([O-])OCCOP(=O)([O-])OCC(CO)CNF. The molecule has 0 rings (SSSR count). The lowest BCUT2D eigenvalue weighted by Gasteiger charge is -2.27. The number of rotatable bonds is 29. The highest BCUT2D eigenvalue weighted by atomic mass is 31.2. The van der Waals surface area contributed by atoms with E-state index in [-0.39, 0.29) is 0 Å². The Bertz CT molecular complexity index is 1040. The minimum Gasteiger partial charge on any atom is -0.756 e. The largest absolute Gasteiger partial charge is 0.756 e. The molecular weight excluding hydrogens is 725 g/mol. The number of nitrogens with one attached hydrogen (secondary N) is 2. The Labute approximate surface area is 248 Å². The summed E-state index contributed by atoms with van der Waals surface area (Å²) in [7, 11) is -25.6. The number of aliphatic hydroxyl groups is 1. The molecule has 0 aromatic rings. The van der Waals surface area contributed by atoms with Gasteiger partial charge in [-0.2, -0.15) is 11.1 Å². The zero-order valence-corrected chi connectivity index (χ0v) is 26.8. The summed E-state index contributed by atoms with van der Waals surface area (Å²) in [4.78, 5) is 65.6. The van der Waals surface area contributed by atoms with Crippen LogP contribution in [0.25, 0.3) is 0 Å². The van der Waals surface area contributed by atoms with Gasteiger partial charge < -0.3 is 75.2 Å².